The Labute approximate surface area is 114 Å². The summed E-state index contributed by atoms with van der Waals surface area (Å²) in [5, 5.41) is 10.2. The smallest absolute Gasteiger partial charge is 0.0946 e. The monoisotopic (exact) mass is 286 g/mol. The number of hydrogen-bond acceptors (Lipinski definition) is 5. The van der Waals surface area contributed by atoms with E-state index >= 15 is 0 Å². The molecule has 0 saturated heterocycles. The molecule has 1 aromatic rings. The number of rotatable bonds is 7. The lowest BCUT2D eigenvalue weighted by atomic mass is 10.0. The van der Waals surface area contributed by atoms with Crippen LogP contribution >= 0.6 is 0 Å². The highest BCUT2D eigenvalue weighted by atomic mass is 32.2. The van der Waals surface area contributed by atoms with Crippen LogP contribution in [0.1, 0.15) is 25.0 Å². The van der Waals surface area contributed by atoms with E-state index < -0.39 is 16.2 Å². The van der Waals surface area contributed by atoms with Crippen molar-refractivity contribution in [1.29, 1.82) is 0 Å². The summed E-state index contributed by atoms with van der Waals surface area (Å²) in [4.78, 5) is 1.85. The minimum atomic E-state index is -4.16. The first-order valence-corrected chi connectivity index (χ1v) is 7.76. The molecular weight excluding hydrogens is 266 g/mol. The first-order valence-electron chi connectivity index (χ1n) is 6.18. The second-order valence-electron chi connectivity index (χ2n) is 4.69. The number of benzene rings is 1. The van der Waals surface area contributed by atoms with Crippen LogP contribution in [0.25, 0.3) is 0 Å². The van der Waals surface area contributed by atoms with Gasteiger partial charge in [0.25, 0.3) is 0 Å². The number of hydrogen-bond donors (Lipinski definition) is 1. The van der Waals surface area contributed by atoms with E-state index in [0.29, 0.717) is 6.54 Å². The minimum Gasteiger partial charge on any atom is -0.748 e. The van der Waals surface area contributed by atoms with Gasteiger partial charge in [-0.2, -0.15) is 0 Å². The van der Waals surface area contributed by atoms with Gasteiger partial charge in [0.05, 0.1) is 16.2 Å². The number of nitrogens with zero attached hydrogens (tertiary/aromatic N) is 1. The summed E-state index contributed by atoms with van der Waals surface area (Å²) < 4.78 is 31.5. The Morgan fingerprint density at radius 2 is 1.89 bits per heavy atom. The molecule has 5 nitrogen and oxygen atoms in total. The standard InChI is InChI=1S/C13H21NO4S/c1-11(13(15)12-7-4-3-5-8-12)14(2)9-6-10-19(16,17)18/h3-5,7-8,11,13,15H,6,9-10H2,1-2H3,(H,16,17,18)/p-1/t11-,13-/m0/s1. The van der Waals surface area contributed by atoms with Crippen molar-refractivity contribution in [2.75, 3.05) is 19.3 Å². The molecule has 0 aromatic heterocycles. The lowest BCUT2D eigenvalue weighted by molar-refractivity contribution is 0.0727. The maximum Gasteiger partial charge on any atom is 0.0946 e. The fourth-order valence-electron chi connectivity index (χ4n) is 1.86. The Kier molecular flexibility index (Phi) is 5.93. The van der Waals surface area contributed by atoms with Crippen molar-refractivity contribution < 1.29 is 18.1 Å². The predicted octanol–water partition coefficient (Wildman–Crippen LogP) is 0.976. The molecule has 108 valence electrons. The predicted molar refractivity (Wildman–Crippen MR) is 72.7 cm³/mol. The number of aliphatic hydroxyl groups is 1. The molecule has 0 unspecified atom stereocenters. The maximum absolute atomic E-state index is 10.5. The van der Waals surface area contributed by atoms with Crippen molar-refractivity contribution in [3.05, 3.63) is 35.9 Å². The van der Waals surface area contributed by atoms with E-state index in [9.17, 15) is 18.1 Å². The molecular formula is C13H20NO4S-. The summed E-state index contributed by atoms with van der Waals surface area (Å²) in [5.74, 6) is -0.370. The van der Waals surface area contributed by atoms with Gasteiger partial charge >= 0.3 is 0 Å². The van der Waals surface area contributed by atoms with Crippen LogP contribution in [0.15, 0.2) is 30.3 Å². The third-order valence-electron chi connectivity index (χ3n) is 3.20. The zero-order chi connectivity index (χ0) is 14.5. The van der Waals surface area contributed by atoms with E-state index in [0.717, 1.165) is 5.56 Å². The molecule has 1 rings (SSSR count). The van der Waals surface area contributed by atoms with Crippen LogP contribution in [0.2, 0.25) is 0 Å². The van der Waals surface area contributed by atoms with Gasteiger partial charge < -0.3 is 14.6 Å². The highest BCUT2D eigenvalue weighted by molar-refractivity contribution is 7.85. The van der Waals surface area contributed by atoms with Gasteiger partial charge in [-0.1, -0.05) is 30.3 Å². The Balaban J connectivity index is 2.50. The molecule has 0 amide bonds. The van der Waals surface area contributed by atoms with Crippen LogP contribution in [0.5, 0.6) is 0 Å². The minimum absolute atomic E-state index is 0.156. The molecule has 0 bridgehead atoms. The summed E-state index contributed by atoms with van der Waals surface area (Å²) in [7, 11) is -2.36. The Morgan fingerprint density at radius 3 is 2.42 bits per heavy atom. The molecule has 0 fully saturated rings. The van der Waals surface area contributed by atoms with Crippen LogP contribution in [0.4, 0.5) is 0 Å². The van der Waals surface area contributed by atoms with Gasteiger partial charge in [-0.15, -0.1) is 0 Å². The van der Waals surface area contributed by atoms with Crippen LogP contribution in [0, 0.1) is 0 Å². The summed E-state index contributed by atoms with van der Waals surface area (Å²) in [6.45, 7) is 2.32. The zero-order valence-electron chi connectivity index (χ0n) is 11.2. The van der Waals surface area contributed by atoms with E-state index in [1.54, 1.807) is 7.05 Å². The van der Waals surface area contributed by atoms with E-state index in [1.807, 2.05) is 42.2 Å². The summed E-state index contributed by atoms with van der Waals surface area (Å²) in [6, 6.07) is 9.12. The SMILES string of the molecule is C[C@@H]([C@H](O)c1ccccc1)N(C)CCCS(=O)(=O)[O-]. The average Bonchev–Trinajstić information content (AvgIpc) is 2.36. The molecule has 0 aliphatic rings. The second-order valence-corrected chi connectivity index (χ2v) is 6.22. The van der Waals surface area contributed by atoms with Gasteiger partial charge in [0, 0.05) is 11.8 Å². The molecule has 1 aromatic carbocycles. The van der Waals surface area contributed by atoms with Gasteiger partial charge in [0.2, 0.25) is 0 Å². The third kappa shape index (κ3) is 5.69. The molecule has 0 aliphatic carbocycles. The van der Waals surface area contributed by atoms with Crippen molar-refractivity contribution in [3.8, 4) is 0 Å². The molecule has 0 heterocycles. The molecule has 0 spiro atoms. The number of likely N-dealkylation sites (N-methyl/N-ethyl adjacent to an activating group) is 1. The molecule has 0 saturated carbocycles. The first kappa shape index (κ1) is 16.1. The van der Waals surface area contributed by atoms with E-state index in [4.69, 9.17) is 0 Å². The average molecular weight is 286 g/mol. The molecule has 0 radical (unpaired) electrons. The van der Waals surface area contributed by atoms with E-state index in [1.165, 1.54) is 0 Å². The lowest BCUT2D eigenvalue weighted by Crippen LogP contribution is -2.35. The normalized spacial score (nSPS) is 15.4. The van der Waals surface area contributed by atoms with Crippen LogP contribution in [-0.2, 0) is 10.1 Å². The maximum atomic E-state index is 10.5. The fraction of sp³-hybridized carbons (Fsp3) is 0.538. The molecule has 2 atom stereocenters. The zero-order valence-corrected chi connectivity index (χ0v) is 12.0. The van der Waals surface area contributed by atoms with Crippen LogP contribution in [-0.4, -0.2) is 48.4 Å². The number of aliphatic hydroxyl groups excluding tert-OH is 1. The van der Waals surface area contributed by atoms with Crippen LogP contribution in [0.3, 0.4) is 0 Å². The Morgan fingerprint density at radius 1 is 1.32 bits per heavy atom. The van der Waals surface area contributed by atoms with E-state index in [-0.39, 0.29) is 18.2 Å². The van der Waals surface area contributed by atoms with Crippen molar-refractivity contribution in [3.63, 3.8) is 0 Å². The molecule has 6 heteroatoms. The highest BCUT2D eigenvalue weighted by Crippen LogP contribution is 2.19. The Bertz CT molecular complexity index is 475. The third-order valence-corrected chi connectivity index (χ3v) is 3.99. The van der Waals surface area contributed by atoms with E-state index in [2.05, 4.69) is 0 Å². The fourth-order valence-corrected chi connectivity index (χ4v) is 2.35. The molecule has 0 aliphatic heterocycles. The molecule has 1 N–H and O–H groups in total. The van der Waals surface area contributed by atoms with Gasteiger partial charge in [0.15, 0.2) is 0 Å². The van der Waals surface area contributed by atoms with Gasteiger partial charge in [0.1, 0.15) is 0 Å². The van der Waals surface area contributed by atoms with Crippen molar-refractivity contribution >= 4 is 10.1 Å². The topological polar surface area (TPSA) is 80.7 Å². The second kappa shape index (κ2) is 7.00. The van der Waals surface area contributed by atoms with Crippen molar-refractivity contribution in [2.45, 2.75) is 25.5 Å². The quantitative estimate of drug-likeness (QED) is 0.756. The summed E-state index contributed by atoms with van der Waals surface area (Å²) >= 11 is 0. The largest absolute Gasteiger partial charge is 0.748 e. The highest BCUT2D eigenvalue weighted by Gasteiger charge is 2.19. The molecule has 19 heavy (non-hydrogen) atoms. The Hall–Kier alpha value is -0.950. The van der Waals surface area contributed by atoms with Gasteiger partial charge in [-0.05, 0) is 32.5 Å². The first-order chi connectivity index (χ1) is 8.81. The lowest BCUT2D eigenvalue weighted by Gasteiger charge is -2.29. The van der Waals surface area contributed by atoms with Gasteiger partial charge in [-0.3, -0.25) is 0 Å². The van der Waals surface area contributed by atoms with Crippen molar-refractivity contribution in [1.82, 2.24) is 4.90 Å². The van der Waals surface area contributed by atoms with Crippen LogP contribution < -0.4 is 0 Å². The summed E-state index contributed by atoms with van der Waals surface area (Å²) in [5.41, 5.74) is 0.818. The summed E-state index contributed by atoms with van der Waals surface area (Å²) in [6.07, 6.45) is -0.371. The van der Waals surface area contributed by atoms with Crippen molar-refractivity contribution in [2.24, 2.45) is 0 Å². The van der Waals surface area contributed by atoms with Gasteiger partial charge in [-0.25, -0.2) is 8.42 Å².